The van der Waals surface area contributed by atoms with Crippen molar-refractivity contribution in [3.63, 3.8) is 0 Å². The molecule has 0 aliphatic carbocycles. The Morgan fingerprint density at radius 2 is 2.25 bits per heavy atom. The zero-order chi connectivity index (χ0) is 17.5. The van der Waals surface area contributed by atoms with Gasteiger partial charge in [0.25, 0.3) is 0 Å². The SMILES string of the molecule is CCOC(=O)Cc1csc(S[C@H](C)C(=O)Nc2ccc(Cl)cn2)n1. The van der Waals surface area contributed by atoms with Gasteiger partial charge < -0.3 is 10.1 Å². The Morgan fingerprint density at radius 3 is 2.92 bits per heavy atom. The minimum absolute atomic E-state index is 0.139. The third kappa shape index (κ3) is 5.77. The molecule has 0 saturated heterocycles. The summed E-state index contributed by atoms with van der Waals surface area (Å²) in [6.45, 7) is 3.89. The van der Waals surface area contributed by atoms with E-state index in [1.807, 2.05) is 0 Å². The summed E-state index contributed by atoms with van der Waals surface area (Å²) in [6, 6.07) is 3.29. The van der Waals surface area contributed by atoms with E-state index in [0.29, 0.717) is 23.1 Å². The van der Waals surface area contributed by atoms with Crippen molar-refractivity contribution in [1.82, 2.24) is 9.97 Å². The van der Waals surface area contributed by atoms with Crippen LogP contribution < -0.4 is 5.32 Å². The molecule has 0 radical (unpaired) electrons. The van der Waals surface area contributed by atoms with E-state index in [9.17, 15) is 9.59 Å². The number of hydrogen-bond donors (Lipinski definition) is 1. The van der Waals surface area contributed by atoms with Gasteiger partial charge in [0.15, 0.2) is 4.34 Å². The van der Waals surface area contributed by atoms with Crippen LogP contribution in [0.5, 0.6) is 0 Å². The quantitative estimate of drug-likeness (QED) is 0.581. The first kappa shape index (κ1) is 18.7. The number of aromatic nitrogens is 2. The number of carbonyl (C=O) groups excluding carboxylic acids is 2. The van der Waals surface area contributed by atoms with Gasteiger partial charge in [-0.15, -0.1) is 11.3 Å². The highest BCUT2D eigenvalue weighted by atomic mass is 35.5. The van der Waals surface area contributed by atoms with Crippen molar-refractivity contribution in [2.24, 2.45) is 0 Å². The fraction of sp³-hybridized carbons (Fsp3) is 0.333. The van der Waals surface area contributed by atoms with Gasteiger partial charge in [0.1, 0.15) is 5.82 Å². The molecule has 0 saturated carbocycles. The second-order valence-electron chi connectivity index (χ2n) is 4.70. The number of carbonyl (C=O) groups is 2. The van der Waals surface area contributed by atoms with E-state index in [2.05, 4.69) is 15.3 Å². The topological polar surface area (TPSA) is 81.2 Å². The lowest BCUT2D eigenvalue weighted by Gasteiger charge is -2.09. The number of pyridine rings is 1. The zero-order valence-corrected chi connectivity index (χ0v) is 15.5. The number of halogens is 1. The molecule has 2 heterocycles. The molecule has 0 aromatic carbocycles. The Kier molecular flexibility index (Phi) is 7.01. The molecule has 0 fully saturated rings. The maximum absolute atomic E-state index is 12.2. The molecule has 1 atom stereocenters. The van der Waals surface area contributed by atoms with Crippen LogP contribution in [-0.2, 0) is 20.7 Å². The molecule has 2 rings (SSSR count). The van der Waals surface area contributed by atoms with Gasteiger partial charge in [-0.2, -0.15) is 0 Å². The van der Waals surface area contributed by atoms with Crippen LogP contribution in [0.15, 0.2) is 28.0 Å². The number of hydrogen-bond acceptors (Lipinski definition) is 7. The summed E-state index contributed by atoms with van der Waals surface area (Å²) < 4.78 is 5.61. The molecular weight excluding hydrogens is 370 g/mol. The molecule has 0 aliphatic rings. The molecule has 0 aliphatic heterocycles. The number of amides is 1. The minimum Gasteiger partial charge on any atom is -0.466 e. The molecule has 24 heavy (non-hydrogen) atoms. The normalized spacial score (nSPS) is 11.8. The summed E-state index contributed by atoms with van der Waals surface area (Å²) >= 11 is 8.48. The second-order valence-corrected chi connectivity index (χ2v) is 7.58. The van der Waals surface area contributed by atoms with Gasteiger partial charge in [-0.05, 0) is 26.0 Å². The smallest absolute Gasteiger partial charge is 0.311 e. The molecular formula is C15H16ClN3O3S2. The molecule has 0 spiro atoms. The Morgan fingerprint density at radius 1 is 1.46 bits per heavy atom. The highest BCUT2D eigenvalue weighted by molar-refractivity contribution is 8.02. The fourth-order valence-corrected chi connectivity index (χ4v) is 3.76. The number of thiazole rings is 1. The molecule has 128 valence electrons. The molecule has 9 heteroatoms. The van der Waals surface area contributed by atoms with E-state index in [-0.39, 0.29) is 23.5 Å². The Bertz CT molecular complexity index is 706. The van der Waals surface area contributed by atoms with Crippen molar-refractivity contribution in [2.75, 3.05) is 11.9 Å². The summed E-state index contributed by atoms with van der Waals surface area (Å²) in [4.78, 5) is 32.0. The van der Waals surface area contributed by atoms with Crippen LogP contribution >= 0.6 is 34.7 Å². The number of nitrogens with one attached hydrogen (secondary N) is 1. The lowest BCUT2D eigenvalue weighted by atomic mass is 10.3. The van der Waals surface area contributed by atoms with Crippen LogP contribution in [0.25, 0.3) is 0 Å². The molecule has 6 nitrogen and oxygen atoms in total. The van der Waals surface area contributed by atoms with Crippen LogP contribution in [0.3, 0.4) is 0 Å². The first-order valence-electron chi connectivity index (χ1n) is 7.17. The third-order valence-corrected chi connectivity index (χ3v) is 5.13. The van der Waals surface area contributed by atoms with Crippen molar-refractivity contribution in [1.29, 1.82) is 0 Å². The van der Waals surface area contributed by atoms with Crippen LogP contribution in [0, 0.1) is 0 Å². The monoisotopic (exact) mass is 385 g/mol. The van der Waals surface area contributed by atoms with Gasteiger partial charge in [0, 0.05) is 11.6 Å². The summed E-state index contributed by atoms with van der Waals surface area (Å²) in [6.07, 6.45) is 1.61. The van der Waals surface area contributed by atoms with Gasteiger partial charge >= 0.3 is 5.97 Å². The lowest BCUT2D eigenvalue weighted by molar-refractivity contribution is -0.142. The van der Waals surface area contributed by atoms with Crippen LogP contribution in [-0.4, -0.2) is 33.7 Å². The average Bonchev–Trinajstić information content (AvgIpc) is 2.96. The third-order valence-electron chi connectivity index (χ3n) is 2.79. The largest absolute Gasteiger partial charge is 0.466 e. The molecule has 1 N–H and O–H groups in total. The predicted octanol–water partition coefficient (Wildman–Crippen LogP) is 3.42. The summed E-state index contributed by atoms with van der Waals surface area (Å²) in [5.41, 5.74) is 0.646. The average molecular weight is 386 g/mol. The van der Waals surface area contributed by atoms with E-state index >= 15 is 0 Å². The first-order chi connectivity index (χ1) is 11.5. The Balaban J connectivity index is 1.88. The van der Waals surface area contributed by atoms with Crippen molar-refractivity contribution in [3.8, 4) is 0 Å². The first-order valence-corrected chi connectivity index (χ1v) is 9.30. The van der Waals surface area contributed by atoms with Crippen LogP contribution in [0.4, 0.5) is 5.82 Å². The van der Waals surface area contributed by atoms with E-state index in [1.165, 1.54) is 29.3 Å². The highest BCUT2D eigenvalue weighted by Gasteiger charge is 2.17. The number of nitrogens with zero attached hydrogens (tertiary/aromatic N) is 2. The molecule has 0 bridgehead atoms. The molecule has 2 aromatic heterocycles. The number of esters is 1. The Hall–Kier alpha value is -1.64. The van der Waals surface area contributed by atoms with E-state index in [1.54, 1.807) is 31.4 Å². The number of thioether (sulfide) groups is 1. The molecule has 0 unspecified atom stereocenters. The van der Waals surface area contributed by atoms with Gasteiger partial charge in [0.2, 0.25) is 5.91 Å². The number of rotatable bonds is 7. The molecule has 1 amide bonds. The van der Waals surface area contributed by atoms with E-state index < -0.39 is 0 Å². The minimum atomic E-state index is -0.357. The van der Waals surface area contributed by atoms with Gasteiger partial charge in [-0.3, -0.25) is 9.59 Å². The van der Waals surface area contributed by atoms with E-state index in [0.717, 1.165) is 4.34 Å². The van der Waals surface area contributed by atoms with Crippen molar-refractivity contribution in [3.05, 3.63) is 34.4 Å². The maximum Gasteiger partial charge on any atom is 0.311 e. The second kappa shape index (κ2) is 9.00. The summed E-state index contributed by atoms with van der Waals surface area (Å²) in [7, 11) is 0. The number of ether oxygens (including phenoxy) is 1. The van der Waals surface area contributed by atoms with Crippen molar-refractivity contribution in [2.45, 2.75) is 29.9 Å². The Labute approximate surface area is 153 Å². The van der Waals surface area contributed by atoms with Crippen LogP contribution in [0.1, 0.15) is 19.5 Å². The lowest BCUT2D eigenvalue weighted by Crippen LogP contribution is -2.22. The summed E-state index contributed by atoms with van der Waals surface area (Å²) in [5.74, 6) is -0.0464. The zero-order valence-electron chi connectivity index (χ0n) is 13.1. The predicted molar refractivity (Wildman–Crippen MR) is 95.6 cm³/mol. The fourth-order valence-electron chi connectivity index (χ4n) is 1.67. The van der Waals surface area contributed by atoms with Gasteiger partial charge in [-0.1, -0.05) is 23.4 Å². The van der Waals surface area contributed by atoms with Crippen LogP contribution in [0.2, 0.25) is 5.02 Å². The van der Waals surface area contributed by atoms with E-state index in [4.69, 9.17) is 16.3 Å². The van der Waals surface area contributed by atoms with Crippen molar-refractivity contribution < 1.29 is 14.3 Å². The molecule has 2 aromatic rings. The van der Waals surface area contributed by atoms with Crippen molar-refractivity contribution >= 4 is 52.4 Å². The highest BCUT2D eigenvalue weighted by Crippen LogP contribution is 2.27. The van der Waals surface area contributed by atoms with Gasteiger partial charge in [0.05, 0.1) is 29.0 Å². The maximum atomic E-state index is 12.2. The standard InChI is InChI=1S/C15H16ClN3O3S2/c1-3-22-13(20)6-11-8-23-15(18-11)24-9(2)14(21)19-12-5-4-10(16)7-17-12/h4-5,7-9H,3,6H2,1-2H3,(H,17,19,21)/t9-/m1/s1. The summed E-state index contributed by atoms with van der Waals surface area (Å²) in [5, 5.41) is 4.66. The number of anilines is 1. The van der Waals surface area contributed by atoms with Gasteiger partial charge in [-0.25, -0.2) is 9.97 Å².